The highest BCUT2D eigenvalue weighted by Crippen LogP contribution is 2.23. The molecule has 11 nitrogen and oxygen atoms in total. The van der Waals surface area contributed by atoms with Gasteiger partial charge in [0.15, 0.2) is 18.5 Å². The van der Waals surface area contributed by atoms with E-state index in [0.29, 0.717) is 12.8 Å². The number of unbranched alkanes of at least 4 members (excludes halogenated alkanes) is 19. The average molecular weight is 901 g/mol. The van der Waals surface area contributed by atoms with Crippen molar-refractivity contribution in [3.63, 3.8) is 0 Å². The predicted octanol–water partition coefficient (Wildman–Crippen LogP) is 11.6. The molecule has 64 heavy (non-hydrogen) atoms. The van der Waals surface area contributed by atoms with Gasteiger partial charge in [-0.05, 0) is 64.2 Å². The minimum atomic E-state index is -1.88. The first kappa shape index (κ1) is 58.7. The third-order valence-electron chi connectivity index (χ3n) is 11.1. The minimum Gasteiger partial charge on any atom is -0.479 e. The number of aliphatic hydroxyl groups is 3. The average Bonchev–Trinajstić information content (AvgIpc) is 3.28. The van der Waals surface area contributed by atoms with Gasteiger partial charge in [0.2, 0.25) is 0 Å². The van der Waals surface area contributed by atoms with Gasteiger partial charge in [0.05, 0.1) is 13.0 Å². The zero-order valence-corrected chi connectivity index (χ0v) is 39.8. The van der Waals surface area contributed by atoms with Crippen molar-refractivity contribution in [2.75, 3.05) is 13.2 Å². The number of aliphatic hydroxyl groups excluding tert-OH is 3. The van der Waals surface area contributed by atoms with E-state index in [0.717, 1.165) is 44.9 Å². The molecule has 1 aliphatic heterocycles. The summed E-state index contributed by atoms with van der Waals surface area (Å²) in [4.78, 5) is 36.9. The Kier molecular flexibility index (Phi) is 38.8. The molecule has 0 aromatic carbocycles. The minimum absolute atomic E-state index is 0.00118. The summed E-state index contributed by atoms with van der Waals surface area (Å²) in [5.74, 6) is -2.61. The van der Waals surface area contributed by atoms with Crippen LogP contribution in [0.3, 0.4) is 0 Å². The molecule has 1 aliphatic rings. The normalized spacial score (nSPS) is 19.9. The Bertz CT molecular complexity index is 1340. The van der Waals surface area contributed by atoms with E-state index in [-0.39, 0.29) is 19.4 Å². The van der Waals surface area contributed by atoms with Crippen molar-refractivity contribution in [1.82, 2.24) is 0 Å². The summed E-state index contributed by atoms with van der Waals surface area (Å²) in [5, 5.41) is 39.9. The molecule has 1 saturated heterocycles. The number of rotatable bonds is 41. The van der Waals surface area contributed by atoms with Gasteiger partial charge in [-0.2, -0.15) is 0 Å². The van der Waals surface area contributed by atoms with E-state index in [4.69, 9.17) is 18.9 Å². The third kappa shape index (κ3) is 33.2. The van der Waals surface area contributed by atoms with Crippen molar-refractivity contribution in [2.45, 2.75) is 230 Å². The fourth-order valence-corrected chi connectivity index (χ4v) is 7.18. The number of carbonyl (C=O) groups is 3. The van der Waals surface area contributed by atoms with Gasteiger partial charge in [0, 0.05) is 6.42 Å². The highest BCUT2D eigenvalue weighted by Gasteiger charge is 2.47. The summed E-state index contributed by atoms with van der Waals surface area (Å²) in [6, 6.07) is 0. The molecule has 0 spiro atoms. The quantitative estimate of drug-likeness (QED) is 0.0262. The molecule has 0 aromatic heterocycles. The SMILES string of the molecule is CC/C=C\C/C=C\C/C=C\C/C=C\C/C=C\CC(=O)OCC(COC1OC(C(=O)O)C(O)C(O)C1O)OC(=O)CCCCCCCCCCCCC/C=C\CCCCCCCCCC. The van der Waals surface area contributed by atoms with Gasteiger partial charge in [-0.25, -0.2) is 4.79 Å². The molecule has 0 amide bonds. The van der Waals surface area contributed by atoms with Crippen LogP contribution in [0.25, 0.3) is 0 Å². The lowest BCUT2D eigenvalue weighted by atomic mass is 9.99. The molecule has 6 atom stereocenters. The Morgan fingerprint density at radius 3 is 1.45 bits per heavy atom. The van der Waals surface area contributed by atoms with Crippen LogP contribution in [-0.4, -0.2) is 88.4 Å². The monoisotopic (exact) mass is 901 g/mol. The number of carboxylic acids is 1. The van der Waals surface area contributed by atoms with Crippen LogP contribution in [0, 0.1) is 0 Å². The van der Waals surface area contributed by atoms with Crippen molar-refractivity contribution in [3.05, 3.63) is 72.9 Å². The lowest BCUT2D eigenvalue weighted by Crippen LogP contribution is -2.60. The molecule has 4 N–H and O–H groups in total. The molecular formula is C53H88O11. The number of aliphatic carboxylic acids is 1. The molecule has 0 saturated carbocycles. The van der Waals surface area contributed by atoms with Crippen LogP contribution in [0.5, 0.6) is 0 Å². The van der Waals surface area contributed by atoms with Crippen LogP contribution >= 0.6 is 0 Å². The lowest BCUT2D eigenvalue weighted by Gasteiger charge is -2.38. The number of ether oxygens (including phenoxy) is 4. The van der Waals surface area contributed by atoms with Gasteiger partial charge in [0.25, 0.3) is 0 Å². The van der Waals surface area contributed by atoms with Crippen LogP contribution in [0.1, 0.15) is 194 Å². The number of carboxylic acid groups (broad SMARTS) is 1. The largest absolute Gasteiger partial charge is 0.479 e. The first-order chi connectivity index (χ1) is 31.2. The molecule has 11 heteroatoms. The first-order valence-electron chi connectivity index (χ1n) is 25.0. The zero-order valence-electron chi connectivity index (χ0n) is 39.8. The maximum Gasteiger partial charge on any atom is 0.335 e. The Balaban J connectivity index is 2.34. The second-order valence-corrected chi connectivity index (χ2v) is 16.9. The number of esters is 2. The lowest BCUT2D eigenvalue weighted by molar-refractivity contribution is -0.298. The van der Waals surface area contributed by atoms with Crippen LogP contribution in [0.4, 0.5) is 0 Å². The molecule has 1 rings (SSSR count). The van der Waals surface area contributed by atoms with Crippen molar-refractivity contribution >= 4 is 17.9 Å². The molecule has 0 radical (unpaired) electrons. The van der Waals surface area contributed by atoms with Crippen LogP contribution in [0.15, 0.2) is 72.9 Å². The molecule has 0 aliphatic carbocycles. The highest BCUT2D eigenvalue weighted by atomic mass is 16.7. The molecule has 1 fully saturated rings. The zero-order chi connectivity index (χ0) is 46.7. The maximum atomic E-state index is 12.8. The van der Waals surface area contributed by atoms with Crippen molar-refractivity contribution in [3.8, 4) is 0 Å². The number of hydrogen-bond donors (Lipinski definition) is 4. The van der Waals surface area contributed by atoms with Gasteiger partial charge in [-0.15, -0.1) is 0 Å². The fraction of sp³-hybridized carbons (Fsp3) is 0.717. The summed E-state index contributed by atoms with van der Waals surface area (Å²) >= 11 is 0. The molecule has 6 unspecified atom stereocenters. The number of carbonyl (C=O) groups excluding carboxylic acids is 2. The number of hydrogen-bond acceptors (Lipinski definition) is 10. The molecule has 366 valence electrons. The van der Waals surface area contributed by atoms with Gasteiger partial charge < -0.3 is 39.4 Å². The molecule has 0 aromatic rings. The second kappa shape index (κ2) is 42.3. The van der Waals surface area contributed by atoms with E-state index < -0.39 is 61.3 Å². The Morgan fingerprint density at radius 2 is 0.969 bits per heavy atom. The van der Waals surface area contributed by atoms with E-state index in [1.807, 2.05) is 12.2 Å². The van der Waals surface area contributed by atoms with Gasteiger partial charge in [-0.1, -0.05) is 189 Å². The van der Waals surface area contributed by atoms with E-state index in [1.165, 1.54) is 109 Å². The van der Waals surface area contributed by atoms with Gasteiger partial charge in [-0.3, -0.25) is 9.59 Å². The van der Waals surface area contributed by atoms with E-state index in [2.05, 4.69) is 68.5 Å². The standard InChI is InChI=1S/C53H88O11/c1-3-5-7-9-11-13-15-17-19-20-21-22-23-24-25-26-28-30-32-34-36-38-40-42-47(55)63-45(44-62-53-50(58)48(56)49(57)51(64-53)52(59)60)43-61-46(54)41-39-37-35-33-31-29-27-18-16-14-12-10-8-6-4-2/h6,8,12,14,18,20-21,27,31,33,37,39,45,48-51,53,56-58H,3-5,7,9-11,13,15-17,19,22-26,28-30,32,34-36,38,40-44H2,1-2H3,(H,59,60)/b8-6-,14-12-,21-20-,27-18-,33-31-,39-37-. The fourth-order valence-electron chi connectivity index (χ4n) is 7.18. The van der Waals surface area contributed by atoms with Crippen molar-refractivity contribution < 1.29 is 53.8 Å². The third-order valence-corrected chi connectivity index (χ3v) is 11.1. The van der Waals surface area contributed by atoms with Crippen LogP contribution < -0.4 is 0 Å². The van der Waals surface area contributed by atoms with Gasteiger partial charge in [0.1, 0.15) is 24.9 Å². The highest BCUT2D eigenvalue weighted by molar-refractivity contribution is 5.73. The Morgan fingerprint density at radius 1 is 0.516 bits per heavy atom. The topological polar surface area (TPSA) is 169 Å². The smallest absolute Gasteiger partial charge is 0.335 e. The predicted molar refractivity (Wildman–Crippen MR) is 257 cm³/mol. The molecule has 1 heterocycles. The summed E-state index contributed by atoms with van der Waals surface area (Å²) < 4.78 is 21.7. The summed E-state index contributed by atoms with van der Waals surface area (Å²) in [6.45, 7) is 3.62. The molecular weight excluding hydrogens is 813 g/mol. The van der Waals surface area contributed by atoms with E-state index in [9.17, 15) is 34.8 Å². The van der Waals surface area contributed by atoms with Crippen LogP contribution in [0.2, 0.25) is 0 Å². The Hall–Kier alpha value is -3.35. The first-order valence-corrected chi connectivity index (χ1v) is 25.0. The summed E-state index contributed by atoms with van der Waals surface area (Å²) in [5.41, 5.74) is 0. The summed E-state index contributed by atoms with van der Waals surface area (Å²) in [7, 11) is 0. The second-order valence-electron chi connectivity index (χ2n) is 16.9. The van der Waals surface area contributed by atoms with Crippen molar-refractivity contribution in [2.24, 2.45) is 0 Å². The van der Waals surface area contributed by atoms with E-state index >= 15 is 0 Å². The maximum absolute atomic E-state index is 12.8. The van der Waals surface area contributed by atoms with E-state index in [1.54, 1.807) is 6.08 Å². The Labute approximate surface area is 387 Å². The van der Waals surface area contributed by atoms with Gasteiger partial charge >= 0.3 is 17.9 Å². The van der Waals surface area contributed by atoms with Crippen molar-refractivity contribution in [1.29, 1.82) is 0 Å². The summed E-state index contributed by atoms with van der Waals surface area (Å²) in [6.07, 6.45) is 45.6. The van der Waals surface area contributed by atoms with Crippen LogP contribution in [-0.2, 0) is 33.3 Å². The number of allylic oxidation sites excluding steroid dienone is 11. The molecule has 0 bridgehead atoms.